The number of benzene rings is 5. The van der Waals surface area contributed by atoms with E-state index in [1.807, 2.05) is 91.0 Å². The van der Waals surface area contributed by atoms with Gasteiger partial charge < -0.3 is 10.1 Å². The number of ether oxygens (including phenoxy) is 1. The van der Waals surface area contributed by atoms with Gasteiger partial charge in [0, 0.05) is 16.5 Å². The van der Waals surface area contributed by atoms with Gasteiger partial charge in [-0.05, 0) is 41.7 Å². The largest absolute Gasteiger partial charge is 0.489 e. The van der Waals surface area contributed by atoms with E-state index in [1.54, 1.807) is 6.08 Å². The minimum absolute atomic E-state index is 0.0404. The molecule has 38 heavy (non-hydrogen) atoms. The summed E-state index contributed by atoms with van der Waals surface area (Å²) in [7, 11) is 0. The number of anilines is 1. The molecule has 188 valence electrons. The van der Waals surface area contributed by atoms with E-state index < -0.39 is 5.41 Å². The van der Waals surface area contributed by atoms with Crippen LogP contribution in [0.3, 0.4) is 0 Å². The highest BCUT2D eigenvalue weighted by molar-refractivity contribution is 6.07. The first-order valence-electron chi connectivity index (χ1n) is 12.9. The molecular weight excluding hydrogens is 466 g/mol. The number of rotatable bonds is 10. The molecule has 0 atom stereocenters. The maximum absolute atomic E-state index is 14.6. The zero-order valence-electron chi connectivity index (χ0n) is 21.3. The average molecular weight is 498 g/mol. The molecule has 5 aromatic carbocycles. The van der Waals surface area contributed by atoms with E-state index in [-0.39, 0.29) is 5.91 Å². The molecular formula is C35H31NO2. The zero-order valence-corrected chi connectivity index (χ0v) is 21.3. The van der Waals surface area contributed by atoms with Crippen LogP contribution in [0.2, 0.25) is 0 Å². The first-order chi connectivity index (χ1) is 18.7. The second kappa shape index (κ2) is 11.6. The minimum atomic E-state index is -0.830. The van der Waals surface area contributed by atoms with Crippen molar-refractivity contribution in [3.63, 3.8) is 0 Å². The van der Waals surface area contributed by atoms with E-state index in [0.29, 0.717) is 19.4 Å². The third-order valence-electron chi connectivity index (χ3n) is 6.95. The van der Waals surface area contributed by atoms with Gasteiger partial charge in [-0.2, -0.15) is 0 Å². The average Bonchev–Trinajstić information content (AvgIpc) is 2.98. The molecule has 1 N–H and O–H groups in total. The van der Waals surface area contributed by atoms with Crippen LogP contribution in [0, 0.1) is 0 Å². The fourth-order valence-corrected chi connectivity index (χ4v) is 5.10. The number of carbonyl (C=O) groups is 1. The van der Waals surface area contributed by atoms with Gasteiger partial charge in [-0.25, -0.2) is 0 Å². The number of amides is 1. The van der Waals surface area contributed by atoms with Crippen molar-refractivity contribution in [2.24, 2.45) is 0 Å². The molecule has 0 spiro atoms. The van der Waals surface area contributed by atoms with Crippen molar-refractivity contribution >= 4 is 22.4 Å². The van der Waals surface area contributed by atoms with Gasteiger partial charge in [0.25, 0.3) is 0 Å². The molecule has 0 aliphatic carbocycles. The van der Waals surface area contributed by atoms with Crippen molar-refractivity contribution in [2.45, 2.75) is 18.3 Å². The van der Waals surface area contributed by atoms with Gasteiger partial charge in [-0.15, -0.1) is 0 Å². The lowest BCUT2D eigenvalue weighted by atomic mass is 9.70. The van der Waals surface area contributed by atoms with E-state index in [1.165, 1.54) is 0 Å². The Balaban J connectivity index is 1.62. The lowest BCUT2D eigenvalue weighted by Gasteiger charge is -2.34. The smallest absolute Gasteiger partial charge is 0.235 e. The molecule has 5 rings (SSSR count). The van der Waals surface area contributed by atoms with Crippen LogP contribution < -0.4 is 10.1 Å². The van der Waals surface area contributed by atoms with Crippen LogP contribution in [0.25, 0.3) is 10.8 Å². The van der Waals surface area contributed by atoms with Crippen LogP contribution in [0.5, 0.6) is 5.75 Å². The van der Waals surface area contributed by atoms with E-state index in [2.05, 4.69) is 48.3 Å². The third kappa shape index (κ3) is 5.37. The van der Waals surface area contributed by atoms with Gasteiger partial charge in [0.05, 0.1) is 5.41 Å². The molecule has 3 nitrogen and oxygen atoms in total. The molecule has 0 aliphatic heterocycles. The van der Waals surface area contributed by atoms with E-state index in [4.69, 9.17) is 4.74 Å². The lowest BCUT2D eigenvalue weighted by Crippen LogP contribution is -2.44. The van der Waals surface area contributed by atoms with Gasteiger partial charge in [0.1, 0.15) is 12.4 Å². The van der Waals surface area contributed by atoms with Gasteiger partial charge in [0.2, 0.25) is 5.91 Å². The Kier molecular flexibility index (Phi) is 7.65. The summed E-state index contributed by atoms with van der Waals surface area (Å²) < 4.78 is 5.89. The summed E-state index contributed by atoms with van der Waals surface area (Å²) in [5, 5.41) is 5.22. The molecule has 0 saturated heterocycles. The van der Waals surface area contributed by atoms with Crippen molar-refractivity contribution < 1.29 is 9.53 Å². The van der Waals surface area contributed by atoms with Crippen molar-refractivity contribution in [3.8, 4) is 5.75 Å². The maximum atomic E-state index is 14.6. The number of carbonyl (C=O) groups excluding carboxylic acids is 1. The molecule has 0 radical (unpaired) electrons. The number of hydrogen-bond acceptors (Lipinski definition) is 2. The van der Waals surface area contributed by atoms with E-state index in [0.717, 1.165) is 38.9 Å². The Hall–Kier alpha value is -4.63. The Bertz CT molecular complexity index is 1470. The minimum Gasteiger partial charge on any atom is -0.489 e. The first kappa shape index (κ1) is 25.0. The summed E-state index contributed by atoms with van der Waals surface area (Å²) in [5.41, 5.74) is 3.14. The van der Waals surface area contributed by atoms with Crippen molar-refractivity contribution in [2.75, 3.05) is 11.9 Å². The van der Waals surface area contributed by atoms with Crippen LogP contribution in [0.15, 0.2) is 140 Å². The Morgan fingerprint density at radius 2 is 1.21 bits per heavy atom. The predicted molar refractivity (Wildman–Crippen MR) is 157 cm³/mol. The Morgan fingerprint density at radius 3 is 1.79 bits per heavy atom. The van der Waals surface area contributed by atoms with E-state index >= 15 is 0 Å². The lowest BCUT2D eigenvalue weighted by molar-refractivity contribution is -0.121. The van der Waals surface area contributed by atoms with Gasteiger partial charge in [-0.1, -0.05) is 128 Å². The Labute approximate surface area is 224 Å². The molecule has 5 aromatic rings. The Morgan fingerprint density at radius 1 is 0.684 bits per heavy atom. The number of fused-ring (bicyclic) bond motifs is 1. The zero-order chi connectivity index (χ0) is 26.2. The number of hydrogen-bond donors (Lipinski definition) is 1. The summed E-state index contributed by atoms with van der Waals surface area (Å²) in [5.74, 6) is 0.725. The predicted octanol–water partition coefficient (Wildman–Crippen LogP) is 7.77. The quantitative estimate of drug-likeness (QED) is 0.200. The molecule has 0 aromatic heterocycles. The molecule has 0 bridgehead atoms. The summed E-state index contributed by atoms with van der Waals surface area (Å²) in [6, 6.07) is 42.5. The molecule has 1 amide bonds. The molecule has 0 fully saturated rings. The van der Waals surface area contributed by atoms with E-state index in [9.17, 15) is 4.79 Å². The van der Waals surface area contributed by atoms with Crippen LogP contribution in [-0.2, 0) is 23.1 Å². The molecule has 0 aliphatic rings. The highest BCUT2D eigenvalue weighted by atomic mass is 16.5. The molecule has 0 heterocycles. The second-order valence-corrected chi connectivity index (χ2v) is 9.48. The van der Waals surface area contributed by atoms with Crippen LogP contribution in [0.1, 0.15) is 16.7 Å². The molecule has 0 unspecified atom stereocenters. The third-order valence-corrected chi connectivity index (χ3v) is 6.95. The molecule has 0 saturated carbocycles. The summed E-state index contributed by atoms with van der Waals surface area (Å²) in [6.45, 7) is 4.17. The fourth-order valence-electron chi connectivity index (χ4n) is 5.10. The second-order valence-electron chi connectivity index (χ2n) is 9.48. The van der Waals surface area contributed by atoms with Crippen LogP contribution in [0.4, 0.5) is 5.69 Å². The van der Waals surface area contributed by atoms with Crippen LogP contribution in [-0.4, -0.2) is 12.5 Å². The van der Waals surface area contributed by atoms with Gasteiger partial charge in [0.15, 0.2) is 0 Å². The normalized spacial score (nSPS) is 11.2. The standard InChI is InChI=1S/C35H31NO2/c1-2-24-38-33-23-22-32(30-20-12-13-21-31(30)33)36-34(37)35(29-18-10-5-11-19-29,25-27-14-6-3-7-15-27)26-28-16-8-4-9-17-28/h2-23H,1,24-26H2,(H,36,37). The van der Waals surface area contributed by atoms with Crippen LogP contribution >= 0.6 is 0 Å². The van der Waals surface area contributed by atoms with Gasteiger partial charge >= 0.3 is 0 Å². The maximum Gasteiger partial charge on any atom is 0.235 e. The SMILES string of the molecule is C=CCOc1ccc(NC(=O)C(Cc2ccccc2)(Cc2ccccc2)c2ccccc2)c2ccccc12. The molecule has 3 heteroatoms. The summed E-state index contributed by atoms with van der Waals surface area (Å²) >= 11 is 0. The van der Waals surface area contributed by atoms with Gasteiger partial charge in [-0.3, -0.25) is 4.79 Å². The monoisotopic (exact) mass is 497 g/mol. The highest BCUT2D eigenvalue weighted by Crippen LogP contribution is 2.37. The topological polar surface area (TPSA) is 38.3 Å². The fraction of sp³-hybridized carbons (Fsp3) is 0.114. The first-order valence-corrected chi connectivity index (χ1v) is 12.9. The van der Waals surface area contributed by atoms with Crippen molar-refractivity contribution in [3.05, 3.63) is 157 Å². The van der Waals surface area contributed by atoms with Crippen molar-refractivity contribution in [1.82, 2.24) is 0 Å². The summed E-state index contributed by atoms with van der Waals surface area (Å²) in [4.78, 5) is 14.6. The van der Waals surface area contributed by atoms with Crippen molar-refractivity contribution in [1.29, 1.82) is 0 Å². The summed E-state index contributed by atoms with van der Waals surface area (Å²) in [6.07, 6.45) is 2.86. The number of nitrogens with one attached hydrogen (secondary N) is 1. The highest BCUT2D eigenvalue weighted by Gasteiger charge is 2.40.